The van der Waals surface area contributed by atoms with Gasteiger partial charge in [0, 0.05) is 21.2 Å². The Bertz CT molecular complexity index is 656. The first kappa shape index (κ1) is 15.6. The van der Waals surface area contributed by atoms with Crippen LogP contribution in [0.4, 0.5) is 0 Å². The Hall–Kier alpha value is -0.800. The van der Waals surface area contributed by atoms with Gasteiger partial charge in [-0.15, -0.1) is 0 Å². The molecule has 0 atom stereocenters. The highest BCUT2D eigenvalue weighted by atomic mass is 35.5. The van der Waals surface area contributed by atoms with Gasteiger partial charge in [-0.05, 0) is 24.3 Å². The maximum Gasteiger partial charge on any atom is 0.181 e. The van der Waals surface area contributed by atoms with E-state index in [9.17, 15) is 0 Å². The molecular formula is C14H10Cl4O2. The van der Waals surface area contributed by atoms with Crippen LogP contribution in [0.25, 0.3) is 11.1 Å². The van der Waals surface area contributed by atoms with Crippen LogP contribution in [0.5, 0.6) is 11.5 Å². The van der Waals surface area contributed by atoms with Crippen LogP contribution >= 0.6 is 46.4 Å². The van der Waals surface area contributed by atoms with Crippen molar-refractivity contribution in [1.29, 1.82) is 0 Å². The van der Waals surface area contributed by atoms with E-state index in [1.165, 1.54) is 14.2 Å². The van der Waals surface area contributed by atoms with Crippen molar-refractivity contribution >= 4 is 46.4 Å². The van der Waals surface area contributed by atoms with E-state index in [2.05, 4.69) is 0 Å². The Morgan fingerprint density at radius 3 is 2.00 bits per heavy atom. The Morgan fingerprint density at radius 2 is 1.40 bits per heavy atom. The summed E-state index contributed by atoms with van der Waals surface area (Å²) in [6.45, 7) is 0. The second-order valence-electron chi connectivity index (χ2n) is 3.91. The number of benzene rings is 2. The number of ether oxygens (including phenoxy) is 2. The fourth-order valence-electron chi connectivity index (χ4n) is 1.86. The van der Waals surface area contributed by atoms with Gasteiger partial charge in [0.05, 0.1) is 24.3 Å². The zero-order valence-electron chi connectivity index (χ0n) is 10.6. The third kappa shape index (κ3) is 2.79. The molecule has 0 saturated heterocycles. The molecular weight excluding hydrogens is 342 g/mol. The molecule has 2 nitrogen and oxygen atoms in total. The average Bonchev–Trinajstić information content (AvgIpc) is 2.43. The molecule has 0 N–H and O–H groups in total. The Labute approximate surface area is 137 Å². The van der Waals surface area contributed by atoms with Crippen LogP contribution in [0, 0.1) is 0 Å². The number of halogens is 4. The summed E-state index contributed by atoms with van der Waals surface area (Å²) in [4.78, 5) is 0. The fraction of sp³-hybridized carbons (Fsp3) is 0.143. The quantitative estimate of drug-likeness (QED) is 0.676. The van der Waals surface area contributed by atoms with Crippen LogP contribution in [-0.4, -0.2) is 14.2 Å². The molecule has 0 spiro atoms. The van der Waals surface area contributed by atoms with Gasteiger partial charge < -0.3 is 9.47 Å². The van der Waals surface area contributed by atoms with Crippen LogP contribution < -0.4 is 9.47 Å². The Balaban J connectivity index is 2.75. The van der Waals surface area contributed by atoms with Gasteiger partial charge in [-0.2, -0.15) is 0 Å². The minimum Gasteiger partial charge on any atom is -0.491 e. The summed E-state index contributed by atoms with van der Waals surface area (Å²) >= 11 is 24.7. The van der Waals surface area contributed by atoms with Crippen LogP contribution in [0.15, 0.2) is 24.3 Å². The van der Waals surface area contributed by atoms with Crippen LogP contribution in [0.3, 0.4) is 0 Å². The van der Waals surface area contributed by atoms with Crippen molar-refractivity contribution in [3.05, 3.63) is 44.4 Å². The molecule has 2 aromatic rings. The van der Waals surface area contributed by atoms with E-state index < -0.39 is 0 Å². The topological polar surface area (TPSA) is 18.5 Å². The molecule has 2 aromatic carbocycles. The van der Waals surface area contributed by atoms with E-state index in [0.29, 0.717) is 42.7 Å². The number of hydrogen-bond donors (Lipinski definition) is 0. The Morgan fingerprint density at radius 1 is 0.750 bits per heavy atom. The second-order valence-corrected chi connectivity index (χ2v) is 5.54. The summed E-state index contributed by atoms with van der Waals surface area (Å²) < 4.78 is 10.5. The lowest BCUT2D eigenvalue weighted by Gasteiger charge is -2.15. The van der Waals surface area contributed by atoms with Crippen LogP contribution in [-0.2, 0) is 0 Å². The van der Waals surface area contributed by atoms with Gasteiger partial charge in [0.25, 0.3) is 0 Å². The molecule has 0 saturated carbocycles. The summed E-state index contributed by atoms with van der Waals surface area (Å²) in [7, 11) is 2.98. The van der Waals surface area contributed by atoms with E-state index in [1.54, 1.807) is 24.3 Å². The number of methoxy groups -OCH3 is 2. The minimum absolute atomic E-state index is 0.354. The minimum atomic E-state index is 0.354. The predicted molar refractivity (Wildman–Crippen MR) is 85.0 cm³/mol. The first-order valence-corrected chi connectivity index (χ1v) is 7.06. The summed E-state index contributed by atoms with van der Waals surface area (Å²) in [6.07, 6.45) is 0. The summed E-state index contributed by atoms with van der Waals surface area (Å²) in [5.74, 6) is 0.730. The Kier molecular flexibility index (Phi) is 4.92. The summed E-state index contributed by atoms with van der Waals surface area (Å²) in [5.41, 5.74) is 1.30. The van der Waals surface area contributed by atoms with Crippen molar-refractivity contribution in [2.45, 2.75) is 0 Å². The van der Waals surface area contributed by atoms with Gasteiger partial charge in [0.2, 0.25) is 0 Å². The van der Waals surface area contributed by atoms with Crippen molar-refractivity contribution in [3.8, 4) is 22.6 Å². The zero-order valence-corrected chi connectivity index (χ0v) is 13.7. The maximum atomic E-state index is 6.36. The first-order valence-electron chi connectivity index (χ1n) is 5.55. The number of hydrogen-bond acceptors (Lipinski definition) is 2. The molecule has 0 bridgehead atoms. The summed E-state index contributed by atoms with van der Waals surface area (Å²) in [5, 5.41) is 1.80. The highest BCUT2D eigenvalue weighted by Gasteiger charge is 2.20. The fourth-order valence-corrected chi connectivity index (χ4v) is 2.84. The third-order valence-electron chi connectivity index (χ3n) is 2.76. The lowest BCUT2D eigenvalue weighted by atomic mass is 10.0. The predicted octanol–water partition coefficient (Wildman–Crippen LogP) is 5.98. The first-order chi connectivity index (χ1) is 9.49. The summed E-state index contributed by atoms with van der Waals surface area (Å²) in [6, 6.07) is 6.78. The van der Waals surface area contributed by atoms with E-state index >= 15 is 0 Å². The van der Waals surface area contributed by atoms with E-state index in [4.69, 9.17) is 55.9 Å². The van der Waals surface area contributed by atoms with Gasteiger partial charge in [-0.3, -0.25) is 0 Å². The molecule has 0 heterocycles. The SMILES string of the molecule is COc1c(Cl)cc(-c2cc(Cl)ccc2Cl)c(Cl)c1OC. The maximum absolute atomic E-state index is 6.36. The average molecular weight is 352 g/mol. The molecule has 106 valence electrons. The van der Waals surface area contributed by atoms with Crippen molar-refractivity contribution < 1.29 is 9.47 Å². The van der Waals surface area contributed by atoms with Gasteiger partial charge in [-0.25, -0.2) is 0 Å². The highest BCUT2D eigenvalue weighted by molar-refractivity contribution is 6.40. The smallest absolute Gasteiger partial charge is 0.181 e. The lowest BCUT2D eigenvalue weighted by Crippen LogP contribution is -1.94. The molecule has 0 unspecified atom stereocenters. The molecule has 0 amide bonds. The van der Waals surface area contributed by atoms with Gasteiger partial charge in [0.1, 0.15) is 0 Å². The van der Waals surface area contributed by atoms with Crippen molar-refractivity contribution in [3.63, 3.8) is 0 Å². The van der Waals surface area contributed by atoms with Gasteiger partial charge in [-0.1, -0.05) is 46.4 Å². The number of rotatable bonds is 3. The molecule has 0 fully saturated rings. The lowest BCUT2D eigenvalue weighted by molar-refractivity contribution is 0.355. The molecule has 6 heteroatoms. The van der Waals surface area contributed by atoms with E-state index in [0.717, 1.165) is 0 Å². The second kappa shape index (κ2) is 6.31. The highest BCUT2D eigenvalue weighted by Crippen LogP contribution is 2.47. The standard InChI is InChI=1S/C14H10Cl4O2/c1-19-13-11(17)6-9(12(18)14(13)20-2)8-5-7(15)3-4-10(8)16/h3-6H,1-2H3. The monoisotopic (exact) mass is 350 g/mol. The molecule has 20 heavy (non-hydrogen) atoms. The van der Waals surface area contributed by atoms with Crippen LogP contribution in [0.1, 0.15) is 0 Å². The molecule has 0 aliphatic rings. The van der Waals surface area contributed by atoms with Crippen LogP contribution in [0.2, 0.25) is 20.1 Å². The van der Waals surface area contributed by atoms with E-state index in [1.807, 2.05) is 0 Å². The van der Waals surface area contributed by atoms with Gasteiger partial charge in [0.15, 0.2) is 11.5 Å². The molecule has 0 aliphatic heterocycles. The van der Waals surface area contributed by atoms with E-state index in [-0.39, 0.29) is 0 Å². The van der Waals surface area contributed by atoms with Crippen molar-refractivity contribution in [1.82, 2.24) is 0 Å². The molecule has 0 aliphatic carbocycles. The third-order valence-corrected chi connectivity index (χ3v) is 3.98. The molecule has 0 aromatic heterocycles. The van der Waals surface area contributed by atoms with Crippen molar-refractivity contribution in [2.24, 2.45) is 0 Å². The zero-order chi connectivity index (χ0) is 14.9. The largest absolute Gasteiger partial charge is 0.491 e. The molecule has 0 radical (unpaired) electrons. The van der Waals surface area contributed by atoms with Gasteiger partial charge >= 0.3 is 0 Å². The molecule has 2 rings (SSSR count). The normalized spacial score (nSPS) is 10.5. The van der Waals surface area contributed by atoms with Crippen molar-refractivity contribution in [2.75, 3.05) is 14.2 Å².